The van der Waals surface area contributed by atoms with E-state index in [9.17, 15) is 29.6 Å². The second kappa shape index (κ2) is 14.5. The van der Waals surface area contributed by atoms with Gasteiger partial charge in [-0.05, 0) is 34.8 Å². The molecule has 4 aromatic heterocycles. The first kappa shape index (κ1) is 35.8. The van der Waals surface area contributed by atoms with E-state index in [4.69, 9.17) is 34.9 Å². The van der Waals surface area contributed by atoms with Crippen molar-refractivity contribution < 1.29 is 52.2 Å². The predicted octanol–water partition coefficient (Wildman–Crippen LogP) is 0.465. The summed E-state index contributed by atoms with van der Waals surface area (Å²) in [7, 11) is -2.57. The molecule has 3 aliphatic heterocycles. The van der Waals surface area contributed by atoms with E-state index in [1.165, 1.54) is 28.1 Å². The number of aryl methyl sites for hydroxylation is 1. The number of hydrogen-bond acceptors (Lipinski definition) is 16. The monoisotopic (exact) mass is 777 g/mol. The molecule has 19 nitrogen and oxygen atoms in total. The largest absolute Gasteiger partial charge is 0.582 e. The summed E-state index contributed by atoms with van der Waals surface area (Å²) in [6.45, 7) is -5.18. The van der Waals surface area contributed by atoms with E-state index in [0.717, 1.165) is 21.9 Å². The molecule has 2 fully saturated rings. The van der Waals surface area contributed by atoms with Gasteiger partial charge in [0.2, 0.25) is 0 Å². The van der Waals surface area contributed by atoms with Crippen LogP contribution in [0.15, 0.2) is 30.0 Å². The summed E-state index contributed by atoms with van der Waals surface area (Å²) in [5.74, 6) is 0.617. The summed E-state index contributed by atoms with van der Waals surface area (Å²) in [4.78, 5) is 40.8. The fraction of sp³-hybridized carbons (Fsp3) is 0.577. The minimum Gasteiger partial charge on any atom is -0.395 e. The summed E-state index contributed by atoms with van der Waals surface area (Å²) in [6.07, 6.45) is -4.46. The maximum atomic E-state index is 16.1. The van der Waals surface area contributed by atoms with Crippen molar-refractivity contribution in [2.75, 3.05) is 31.7 Å². The Hall–Kier alpha value is -2.56. The molecular formula is C26H32FN8O11P2S2+. The van der Waals surface area contributed by atoms with Crippen LogP contribution in [-0.4, -0.2) is 117 Å². The first-order chi connectivity index (χ1) is 24.0. The Bertz CT molecular complexity index is 2020. The fourth-order valence-corrected chi connectivity index (χ4v) is 8.60. The number of aromatic nitrogens is 7. The van der Waals surface area contributed by atoms with E-state index in [1.54, 1.807) is 6.20 Å². The Morgan fingerprint density at radius 1 is 1.12 bits per heavy atom. The molecule has 4 aromatic rings. The number of nitrogens with one attached hydrogen (secondary N) is 1. The molecule has 24 heteroatoms. The molecule has 5 N–H and O–H groups in total. The number of thiol groups is 1. The van der Waals surface area contributed by atoms with Gasteiger partial charge in [0.15, 0.2) is 35.9 Å². The lowest BCUT2D eigenvalue weighted by Crippen LogP contribution is -2.35. The van der Waals surface area contributed by atoms with Crippen LogP contribution in [-0.2, 0) is 52.4 Å². The first-order valence-electron chi connectivity index (χ1n) is 15.3. The number of imidazole rings is 1. The molecule has 0 saturated carbocycles. The van der Waals surface area contributed by atoms with Crippen molar-refractivity contribution >= 4 is 66.0 Å². The zero-order valence-electron chi connectivity index (χ0n) is 25.8. The standard InChI is InChI=1S/C26H31FN8O11P2S2/c27-16-19(13(7-37)43-25(16)34-6-12-2-1-3-28-21-15(12)22(34)30-9-29-21)46-48(41,50)42-8-14-18(38)20(45-47(40)49)26(44-14)35-11-31-17-23(35)32-10-33(4-5-36)24(17)39/h6,9-11,13-14,16,18-20,25-26,36-38H,1-5,7-8H2,(H2-,28,29,30,40,41,49,50)/p+1/t13-,14-,16+,18-,19-,20-,25-,26-,48?/m1/s1. The molecule has 0 amide bonds. The van der Waals surface area contributed by atoms with Crippen LogP contribution in [0.5, 0.6) is 0 Å². The predicted molar refractivity (Wildman–Crippen MR) is 178 cm³/mol. The molecule has 2 unspecified atom stereocenters. The van der Waals surface area contributed by atoms with Gasteiger partial charge in [-0.25, -0.2) is 24.3 Å². The summed E-state index contributed by atoms with van der Waals surface area (Å²) < 4.78 is 60.3. The van der Waals surface area contributed by atoms with E-state index >= 15 is 4.39 Å². The number of hydrogen-bond donors (Lipinski definition) is 6. The Morgan fingerprint density at radius 3 is 2.68 bits per heavy atom. The zero-order chi connectivity index (χ0) is 35.3. The van der Waals surface area contributed by atoms with Crippen molar-refractivity contribution in [1.29, 1.82) is 0 Å². The van der Waals surface area contributed by atoms with Gasteiger partial charge in [-0.15, -0.1) is 4.52 Å². The van der Waals surface area contributed by atoms with Crippen molar-refractivity contribution in [2.24, 2.45) is 0 Å². The second-order valence-electron chi connectivity index (χ2n) is 11.7. The topological polar surface area (TPSA) is 240 Å². The second-order valence-corrected chi connectivity index (χ2v) is 16.2. The molecular weight excluding hydrogens is 745 g/mol. The fourth-order valence-electron chi connectivity index (χ4n) is 6.40. The third-order valence-corrected chi connectivity index (χ3v) is 10.9. The van der Waals surface area contributed by atoms with Crippen LogP contribution >= 0.6 is 26.2 Å². The van der Waals surface area contributed by atoms with Crippen LogP contribution in [0.3, 0.4) is 0 Å². The smallest absolute Gasteiger partial charge is 0.395 e. The van der Waals surface area contributed by atoms with Gasteiger partial charge in [0.1, 0.15) is 60.8 Å². The number of anilines is 1. The van der Waals surface area contributed by atoms with Crippen LogP contribution in [0, 0.1) is 0 Å². The van der Waals surface area contributed by atoms with Gasteiger partial charge in [-0.2, -0.15) is 0 Å². The van der Waals surface area contributed by atoms with E-state index in [1.807, 2.05) is 0 Å². The Kier molecular flexibility index (Phi) is 10.4. The third-order valence-electron chi connectivity index (χ3n) is 8.67. The van der Waals surface area contributed by atoms with Gasteiger partial charge < -0.3 is 44.1 Å². The van der Waals surface area contributed by atoms with Crippen LogP contribution in [0.1, 0.15) is 24.4 Å². The highest BCUT2D eigenvalue weighted by Gasteiger charge is 2.52. The van der Waals surface area contributed by atoms with Gasteiger partial charge in [0, 0.05) is 12.7 Å². The van der Waals surface area contributed by atoms with Crippen molar-refractivity contribution in [3.63, 3.8) is 0 Å². The average Bonchev–Trinajstić information content (AvgIpc) is 3.79. The molecule has 270 valence electrons. The Balaban J connectivity index is 1.07. The molecule has 0 spiro atoms. The number of nitrogens with zero attached hydrogens (tertiary/aromatic N) is 7. The molecule has 10 atom stereocenters. The van der Waals surface area contributed by atoms with E-state index < -0.39 is 81.9 Å². The van der Waals surface area contributed by atoms with Crippen molar-refractivity contribution in [3.05, 3.63) is 41.1 Å². The molecule has 0 radical (unpaired) electrons. The molecule has 3 aliphatic rings. The molecule has 7 rings (SSSR count). The third kappa shape index (κ3) is 6.62. The van der Waals surface area contributed by atoms with E-state index in [-0.39, 0.29) is 24.3 Å². The van der Waals surface area contributed by atoms with Crippen molar-refractivity contribution in [2.45, 2.75) is 68.5 Å². The number of alkyl halides is 1. The summed E-state index contributed by atoms with van der Waals surface area (Å²) in [5.41, 5.74) is 0.744. The molecule has 0 aromatic carbocycles. The highest BCUT2D eigenvalue weighted by atomic mass is 32.7. The number of aliphatic hydroxyl groups excluding tert-OH is 3. The minimum absolute atomic E-state index is 0.0127. The van der Waals surface area contributed by atoms with E-state index in [0.29, 0.717) is 24.4 Å². The number of aliphatic hydroxyl groups is 3. The van der Waals surface area contributed by atoms with Gasteiger partial charge in [0.25, 0.3) is 5.56 Å². The van der Waals surface area contributed by atoms with Gasteiger partial charge in [-0.1, -0.05) is 0 Å². The van der Waals surface area contributed by atoms with Crippen LogP contribution in [0.25, 0.3) is 22.2 Å². The first-order valence-corrected chi connectivity index (χ1v) is 20.3. The normalized spacial score (nSPS) is 29.7. The lowest BCUT2D eigenvalue weighted by atomic mass is 10.1. The van der Waals surface area contributed by atoms with Crippen LogP contribution in [0.2, 0.25) is 0 Å². The van der Waals surface area contributed by atoms with Crippen LogP contribution < -0.4 is 10.9 Å². The minimum atomic E-state index is -4.31. The lowest BCUT2D eigenvalue weighted by Gasteiger charge is -2.25. The average molecular weight is 778 g/mol. The Labute approximate surface area is 292 Å². The quantitative estimate of drug-likeness (QED) is 0.0846. The maximum absolute atomic E-state index is 16.1. The number of ether oxygens (including phenoxy) is 2. The highest BCUT2D eigenvalue weighted by Crippen LogP contribution is 2.51. The Morgan fingerprint density at radius 2 is 1.92 bits per heavy atom. The molecule has 0 aliphatic carbocycles. The zero-order valence-corrected chi connectivity index (χ0v) is 29.3. The lowest BCUT2D eigenvalue weighted by molar-refractivity contribution is -0.0531. The van der Waals surface area contributed by atoms with Gasteiger partial charge >= 0.3 is 13.9 Å². The number of halogens is 1. The number of rotatable bonds is 12. The maximum Gasteiger partial charge on any atom is 0.582 e. The molecule has 7 heterocycles. The molecule has 50 heavy (non-hydrogen) atoms. The molecule has 0 bridgehead atoms. The summed E-state index contributed by atoms with van der Waals surface area (Å²) in [6, 6.07) is 0. The van der Waals surface area contributed by atoms with Crippen molar-refractivity contribution in [1.82, 2.24) is 33.6 Å². The van der Waals surface area contributed by atoms with Crippen molar-refractivity contribution in [3.8, 4) is 0 Å². The summed E-state index contributed by atoms with van der Waals surface area (Å²) >= 11 is 8.99. The van der Waals surface area contributed by atoms with E-state index in [2.05, 4.69) is 37.5 Å². The molecule has 2 saturated heterocycles. The van der Waals surface area contributed by atoms with Crippen LogP contribution in [0.4, 0.5) is 10.2 Å². The number of fused-ring (bicyclic) bond motifs is 1. The highest BCUT2D eigenvalue weighted by molar-refractivity contribution is 8.39. The SMILES string of the molecule is O=c1c2ncn([C@@H]3O[C@H](COP(O)(=S)O[C@H]4[C@H](F)[C@H](n5cc6c7c(ncnc75)NCCC6)O[C@@H]4CO)[C@@H](O)[C@H]3O[P+](=O)S)c2ncn1CCO. The van der Waals surface area contributed by atoms with Gasteiger partial charge in [-0.3, -0.25) is 18.5 Å². The summed E-state index contributed by atoms with van der Waals surface area (Å²) in [5, 5.41) is 34.4. The van der Waals surface area contributed by atoms with Gasteiger partial charge in [0.05, 0.1) is 38.1 Å².